The largest absolute Gasteiger partial charge is 0.393 e. The number of rotatable bonds is 3. The molecule has 1 amide bonds. The van der Waals surface area contributed by atoms with Crippen molar-refractivity contribution < 1.29 is 9.90 Å². The van der Waals surface area contributed by atoms with Gasteiger partial charge in [-0.15, -0.1) is 0 Å². The van der Waals surface area contributed by atoms with Crippen molar-refractivity contribution in [2.45, 2.75) is 31.8 Å². The molecule has 0 bridgehead atoms. The van der Waals surface area contributed by atoms with E-state index in [4.69, 9.17) is 0 Å². The van der Waals surface area contributed by atoms with E-state index in [-0.39, 0.29) is 12.0 Å². The lowest BCUT2D eigenvalue weighted by Crippen LogP contribution is -2.33. The third-order valence-corrected chi connectivity index (χ3v) is 4.63. The summed E-state index contributed by atoms with van der Waals surface area (Å²) in [7, 11) is 0. The first-order chi connectivity index (χ1) is 9.06. The fourth-order valence-electron chi connectivity index (χ4n) is 2.45. The van der Waals surface area contributed by atoms with Crippen LogP contribution in [0.3, 0.4) is 0 Å². The van der Waals surface area contributed by atoms with Crippen LogP contribution in [0.2, 0.25) is 0 Å². The number of hydrogen-bond acceptors (Lipinski definition) is 2. The number of benzene rings is 1. The molecule has 2 atom stereocenters. The fraction of sp³-hybridized carbons (Fsp3) is 0.500. The second-order valence-corrected chi connectivity index (χ2v) is 6.79. The molecule has 3 nitrogen and oxygen atoms in total. The number of carbonyl (C=O) groups excluding carboxylic acids is 1. The van der Waals surface area contributed by atoms with Gasteiger partial charge in [-0.2, -0.15) is 0 Å². The van der Waals surface area contributed by atoms with Gasteiger partial charge in [-0.25, -0.2) is 0 Å². The van der Waals surface area contributed by atoms with Gasteiger partial charge in [0.2, 0.25) is 0 Å². The Labute approximate surface area is 130 Å². The highest BCUT2D eigenvalue weighted by atomic mass is 79.9. The van der Waals surface area contributed by atoms with Crippen molar-refractivity contribution in [3.8, 4) is 0 Å². The van der Waals surface area contributed by atoms with Crippen molar-refractivity contribution in [2.75, 3.05) is 6.54 Å². The fourth-order valence-corrected chi connectivity index (χ4v) is 3.68. The first-order valence-corrected chi connectivity index (χ1v) is 8.06. The Balaban J connectivity index is 1.90. The average molecular weight is 391 g/mol. The van der Waals surface area contributed by atoms with E-state index < -0.39 is 0 Å². The van der Waals surface area contributed by atoms with E-state index in [1.807, 2.05) is 12.1 Å². The predicted octanol–water partition coefficient (Wildman–Crippen LogP) is 3.49. The lowest BCUT2D eigenvalue weighted by Gasteiger charge is -2.25. The van der Waals surface area contributed by atoms with Crippen LogP contribution in [0, 0.1) is 5.92 Å². The second kappa shape index (κ2) is 6.86. The molecule has 19 heavy (non-hydrogen) atoms. The molecule has 5 heteroatoms. The van der Waals surface area contributed by atoms with Gasteiger partial charge in [0.05, 0.1) is 11.7 Å². The number of carbonyl (C=O) groups is 1. The predicted molar refractivity (Wildman–Crippen MR) is 82.1 cm³/mol. The molecule has 0 spiro atoms. The summed E-state index contributed by atoms with van der Waals surface area (Å²) in [5.74, 6) is 0.321. The molecule has 2 unspecified atom stereocenters. The van der Waals surface area contributed by atoms with Gasteiger partial charge in [-0.3, -0.25) is 4.79 Å². The Hall–Kier alpha value is -0.390. The lowest BCUT2D eigenvalue weighted by molar-refractivity contribution is 0.0873. The third-order valence-electron chi connectivity index (χ3n) is 3.48. The summed E-state index contributed by atoms with van der Waals surface area (Å²) in [6.45, 7) is 0.637. The van der Waals surface area contributed by atoms with Crippen molar-refractivity contribution in [2.24, 2.45) is 5.92 Å². The highest BCUT2D eigenvalue weighted by Gasteiger charge is 2.21. The lowest BCUT2D eigenvalue weighted by atomic mass is 9.87. The van der Waals surface area contributed by atoms with E-state index in [0.29, 0.717) is 18.0 Å². The summed E-state index contributed by atoms with van der Waals surface area (Å²) in [5.41, 5.74) is 0.638. The van der Waals surface area contributed by atoms with Crippen LogP contribution in [0.25, 0.3) is 0 Å². The molecule has 0 radical (unpaired) electrons. The number of halogens is 2. The van der Waals surface area contributed by atoms with Crippen LogP contribution >= 0.6 is 31.9 Å². The van der Waals surface area contributed by atoms with Gasteiger partial charge < -0.3 is 10.4 Å². The van der Waals surface area contributed by atoms with Crippen molar-refractivity contribution >= 4 is 37.8 Å². The molecule has 2 N–H and O–H groups in total. The van der Waals surface area contributed by atoms with Gasteiger partial charge >= 0.3 is 0 Å². The minimum atomic E-state index is -0.199. The molecule has 2 rings (SSSR count). The number of aliphatic hydroxyl groups excluding tert-OH is 1. The van der Waals surface area contributed by atoms with Crippen LogP contribution in [-0.2, 0) is 0 Å². The van der Waals surface area contributed by atoms with E-state index in [1.165, 1.54) is 0 Å². The van der Waals surface area contributed by atoms with E-state index in [0.717, 1.165) is 34.6 Å². The number of hydrogen-bond donors (Lipinski definition) is 2. The molecule has 1 saturated carbocycles. The number of aliphatic hydroxyl groups is 1. The molecule has 0 saturated heterocycles. The van der Waals surface area contributed by atoms with Crippen LogP contribution < -0.4 is 5.32 Å². The summed E-state index contributed by atoms with van der Waals surface area (Å²) >= 11 is 6.76. The van der Waals surface area contributed by atoms with Crippen LogP contribution in [0.1, 0.15) is 36.0 Å². The molecule has 1 aromatic carbocycles. The molecule has 1 fully saturated rings. The first kappa shape index (κ1) is 15.0. The molecular weight excluding hydrogens is 374 g/mol. The summed E-state index contributed by atoms with van der Waals surface area (Å²) in [5, 5.41) is 12.6. The van der Waals surface area contributed by atoms with Gasteiger partial charge in [-0.1, -0.05) is 22.4 Å². The Morgan fingerprint density at radius 3 is 2.84 bits per heavy atom. The molecule has 0 aromatic heterocycles. The monoisotopic (exact) mass is 389 g/mol. The van der Waals surface area contributed by atoms with Gasteiger partial charge in [0.25, 0.3) is 5.91 Å². The summed E-state index contributed by atoms with van der Waals surface area (Å²) in [4.78, 5) is 12.1. The Morgan fingerprint density at radius 1 is 1.37 bits per heavy atom. The molecule has 1 aliphatic carbocycles. The number of nitrogens with one attached hydrogen (secondary N) is 1. The van der Waals surface area contributed by atoms with E-state index in [1.54, 1.807) is 6.07 Å². The zero-order chi connectivity index (χ0) is 13.8. The Kier molecular flexibility index (Phi) is 5.42. The molecule has 0 aliphatic heterocycles. The highest BCUT2D eigenvalue weighted by Crippen LogP contribution is 2.24. The van der Waals surface area contributed by atoms with E-state index in [2.05, 4.69) is 37.2 Å². The van der Waals surface area contributed by atoms with Crippen molar-refractivity contribution in [1.29, 1.82) is 0 Å². The smallest absolute Gasteiger partial charge is 0.252 e. The maximum atomic E-state index is 12.1. The second-order valence-electron chi connectivity index (χ2n) is 5.02. The Morgan fingerprint density at radius 2 is 2.16 bits per heavy atom. The van der Waals surface area contributed by atoms with Gasteiger partial charge in [0.1, 0.15) is 0 Å². The Bertz CT molecular complexity index is 465. The van der Waals surface area contributed by atoms with Gasteiger partial charge in [-0.05, 0) is 59.3 Å². The van der Waals surface area contributed by atoms with E-state index in [9.17, 15) is 9.90 Å². The normalized spacial score (nSPS) is 23.1. The maximum Gasteiger partial charge on any atom is 0.252 e. The minimum Gasteiger partial charge on any atom is -0.393 e. The first-order valence-electron chi connectivity index (χ1n) is 6.47. The number of amides is 1. The van der Waals surface area contributed by atoms with Crippen molar-refractivity contribution in [3.05, 3.63) is 32.7 Å². The minimum absolute atomic E-state index is 0.0700. The van der Waals surface area contributed by atoms with Gasteiger partial charge in [0.15, 0.2) is 0 Å². The molecule has 1 aliphatic rings. The van der Waals surface area contributed by atoms with Gasteiger partial charge in [0, 0.05) is 15.5 Å². The standard InChI is InChI=1S/C14H17Br2NO2/c15-10-4-5-12(13(16)7-10)14(19)17-8-9-2-1-3-11(18)6-9/h4-5,7,9,11,18H,1-3,6,8H2,(H,17,19). The van der Waals surface area contributed by atoms with E-state index >= 15 is 0 Å². The van der Waals surface area contributed by atoms with Crippen molar-refractivity contribution in [3.63, 3.8) is 0 Å². The molecule has 104 valence electrons. The summed E-state index contributed by atoms with van der Waals surface area (Å²) < 4.78 is 1.72. The highest BCUT2D eigenvalue weighted by molar-refractivity contribution is 9.11. The van der Waals surface area contributed by atoms with Crippen molar-refractivity contribution in [1.82, 2.24) is 5.32 Å². The molecular formula is C14H17Br2NO2. The summed E-state index contributed by atoms with van der Waals surface area (Å²) in [6.07, 6.45) is 3.61. The van der Waals surface area contributed by atoms with Crippen LogP contribution in [-0.4, -0.2) is 23.7 Å². The SMILES string of the molecule is O=C(NCC1CCCC(O)C1)c1ccc(Br)cc1Br. The van der Waals surface area contributed by atoms with Crippen LogP contribution in [0.5, 0.6) is 0 Å². The summed E-state index contributed by atoms with van der Waals surface area (Å²) in [6, 6.07) is 5.50. The quantitative estimate of drug-likeness (QED) is 0.829. The molecule has 1 aromatic rings. The topological polar surface area (TPSA) is 49.3 Å². The molecule has 0 heterocycles. The van der Waals surface area contributed by atoms with Crippen LogP contribution in [0.4, 0.5) is 0 Å². The average Bonchev–Trinajstić information content (AvgIpc) is 2.36. The maximum absolute atomic E-state index is 12.1. The van der Waals surface area contributed by atoms with Crippen LogP contribution in [0.15, 0.2) is 27.1 Å². The third kappa shape index (κ3) is 4.29. The zero-order valence-electron chi connectivity index (χ0n) is 10.5. The zero-order valence-corrected chi connectivity index (χ0v) is 13.7.